The number of rotatable bonds is 3. The van der Waals surface area contributed by atoms with Crippen molar-refractivity contribution in [1.29, 1.82) is 0 Å². The van der Waals surface area contributed by atoms with E-state index in [1.165, 1.54) is 12.1 Å². The van der Waals surface area contributed by atoms with Gasteiger partial charge in [0.25, 0.3) is 0 Å². The molecule has 0 amide bonds. The zero-order valence-electron chi connectivity index (χ0n) is 9.31. The molecule has 18 heavy (non-hydrogen) atoms. The predicted molar refractivity (Wildman–Crippen MR) is 71.4 cm³/mol. The van der Waals surface area contributed by atoms with Crippen LogP contribution >= 0.6 is 15.9 Å². The van der Waals surface area contributed by atoms with Crippen LogP contribution < -0.4 is 0 Å². The Morgan fingerprint density at radius 3 is 2.22 bits per heavy atom. The van der Waals surface area contributed by atoms with Gasteiger partial charge in [0.15, 0.2) is 9.84 Å². The van der Waals surface area contributed by atoms with E-state index in [1.807, 2.05) is 6.07 Å². The molecule has 2 rings (SSSR count). The summed E-state index contributed by atoms with van der Waals surface area (Å²) in [5, 5.41) is 0. The molecule has 0 N–H and O–H groups in total. The summed E-state index contributed by atoms with van der Waals surface area (Å²) in [4.78, 5) is 0.125. The molecule has 0 radical (unpaired) electrons. The van der Waals surface area contributed by atoms with Crippen LogP contribution in [0.3, 0.4) is 0 Å². The number of hydrogen-bond acceptors (Lipinski definition) is 2. The molecule has 0 aliphatic rings. The second kappa shape index (κ2) is 5.20. The van der Waals surface area contributed by atoms with E-state index in [0.717, 1.165) is 16.6 Å². The summed E-state index contributed by atoms with van der Waals surface area (Å²) in [5.41, 5.74) is 0.682. The van der Waals surface area contributed by atoms with E-state index in [2.05, 4.69) is 15.9 Å². The minimum atomic E-state index is -3.45. The normalized spacial score (nSPS) is 11.4. The lowest BCUT2D eigenvalue weighted by Gasteiger charge is -2.06. The number of halogens is 2. The lowest BCUT2D eigenvalue weighted by Crippen LogP contribution is -2.05. The zero-order chi connectivity index (χ0) is 13.2. The van der Waals surface area contributed by atoms with Crippen LogP contribution in [0.1, 0.15) is 5.56 Å². The molecule has 0 atom stereocenters. The maximum absolute atomic E-state index is 12.8. The van der Waals surface area contributed by atoms with Gasteiger partial charge in [0.1, 0.15) is 5.82 Å². The van der Waals surface area contributed by atoms with E-state index in [4.69, 9.17) is 0 Å². The van der Waals surface area contributed by atoms with Crippen molar-refractivity contribution in [3.8, 4) is 0 Å². The van der Waals surface area contributed by atoms with Gasteiger partial charge in [0, 0.05) is 4.47 Å². The molecule has 0 fully saturated rings. The van der Waals surface area contributed by atoms with Gasteiger partial charge in [-0.2, -0.15) is 0 Å². The van der Waals surface area contributed by atoms with Gasteiger partial charge in [-0.25, -0.2) is 12.8 Å². The van der Waals surface area contributed by atoms with Crippen LogP contribution in [-0.4, -0.2) is 8.42 Å². The van der Waals surface area contributed by atoms with Crippen molar-refractivity contribution >= 4 is 25.8 Å². The first kappa shape index (κ1) is 13.2. The quantitative estimate of drug-likeness (QED) is 0.807. The SMILES string of the molecule is O=S(=O)(Cc1ccccc1Br)c1ccc(F)cc1. The molecule has 94 valence electrons. The van der Waals surface area contributed by atoms with Gasteiger partial charge in [0.2, 0.25) is 0 Å². The highest BCUT2D eigenvalue weighted by atomic mass is 79.9. The van der Waals surface area contributed by atoms with Crippen molar-refractivity contribution in [2.24, 2.45) is 0 Å². The molecule has 0 aliphatic carbocycles. The average molecular weight is 329 g/mol. The van der Waals surface area contributed by atoms with Crippen molar-refractivity contribution < 1.29 is 12.8 Å². The third-order valence-electron chi connectivity index (χ3n) is 2.48. The topological polar surface area (TPSA) is 34.1 Å². The number of benzene rings is 2. The highest BCUT2D eigenvalue weighted by Gasteiger charge is 2.16. The van der Waals surface area contributed by atoms with Crippen LogP contribution in [0.4, 0.5) is 4.39 Å². The molecule has 0 heterocycles. The first-order valence-electron chi connectivity index (χ1n) is 5.21. The third-order valence-corrected chi connectivity index (χ3v) is 4.93. The van der Waals surface area contributed by atoms with Gasteiger partial charge in [-0.1, -0.05) is 34.1 Å². The molecule has 0 unspecified atom stereocenters. The highest BCUT2D eigenvalue weighted by molar-refractivity contribution is 9.10. The molecule has 2 aromatic carbocycles. The minimum Gasteiger partial charge on any atom is -0.223 e. The van der Waals surface area contributed by atoms with Crippen molar-refractivity contribution in [3.63, 3.8) is 0 Å². The lowest BCUT2D eigenvalue weighted by molar-refractivity contribution is 0.594. The van der Waals surface area contributed by atoms with Crippen LogP contribution in [0.5, 0.6) is 0 Å². The Morgan fingerprint density at radius 2 is 1.61 bits per heavy atom. The van der Waals surface area contributed by atoms with Crippen LogP contribution in [0.2, 0.25) is 0 Å². The summed E-state index contributed by atoms with van der Waals surface area (Å²) in [6.07, 6.45) is 0. The van der Waals surface area contributed by atoms with Crippen LogP contribution in [-0.2, 0) is 15.6 Å². The predicted octanol–water partition coefficient (Wildman–Crippen LogP) is 3.56. The largest absolute Gasteiger partial charge is 0.223 e. The maximum atomic E-state index is 12.8. The Balaban J connectivity index is 2.33. The van der Waals surface area contributed by atoms with Gasteiger partial charge in [0.05, 0.1) is 10.6 Å². The van der Waals surface area contributed by atoms with Gasteiger partial charge in [-0.3, -0.25) is 0 Å². The molecular formula is C13H10BrFO2S. The van der Waals surface area contributed by atoms with E-state index in [-0.39, 0.29) is 10.6 Å². The third kappa shape index (κ3) is 2.97. The van der Waals surface area contributed by atoms with Crippen molar-refractivity contribution in [2.45, 2.75) is 10.6 Å². The van der Waals surface area contributed by atoms with Crippen molar-refractivity contribution in [1.82, 2.24) is 0 Å². The fourth-order valence-electron chi connectivity index (χ4n) is 1.55. The van der Waals surface area contributed by atoms with E-state index >= 15 is 0 Å². The molecule has 0 aromatic heterocycles. The van der Waals surface area contributed by atoms with Gasteiger partial charge >= 0.3 is 0 Å². The van der Waals surface area contributed by atoms with Crippen LogP contribution in [0.25, 0.3) is 0 Å². The average Bonchev–Trinajstić information content (AvgIpc) is 2.32. The molecule has 5 heteroatoms. The zero-order valence-corrected chi connectivity index (χ0v) is 11.7. The Hall–Kier alpha value is -1.20. The lowest BCUT2D eigenvalue weighted by atomic mass is 10.2. The number of hydrogen-bond donors (Lipinski definition) is 0. The standard InChI is InChI=1S/C13H10BrFO2S/c14-13-4-2-1-3-10(13)9-18(16,17)12-7-5-11(15)6-8-12/h1-8H,9H2. The van der Waals surface area contributed by atoms with Gasteiger partial charge in [-0.05, 0) is 35.9 Å². The van der Waals surface area contributed by atoms with E-state index in [9.17, 15) is 12.8 Å². The molecule has 0 spiro atoms. The monoisotopic (exact) mass is 328 g/mol. The molecule has 2 aromatic rings. The van der Waals surface area contributed by atoms with Crippen LogP contribution in [0.15, 0.2) is 57.9 Å². The van der Waals surface area contributed by atoms with Crippen molar-refractivity contribution in [3.05, 3.63) is 64.4 Å². The minimum absolute atomic E-state index is 0.111. The second-order valence-electron chi connectivity index (χ2n) is 3.80. The van der Waals surface area contributed by atoms with E-state index in [1.54, 1.807) is 18.2 Å². The number of sulfone groups is 1. The molecule has 2 nitrogen and oxygen atoms in total. The van der Waals surface area contributed by atoms with Gasteiger partial charge in [-0.15, -0.1) is 0 Å². The summed E-state index contributed by atoms with van der Waals surface area (Å²) < 4.78 is 37.8. The molecule has 0 aliphatic heterocycles. The fourth-order valence-corrected chi connectivity index (χ4v) is 3.53. The smallest absolute Gasteiger partial charge is 0.182 e. The summed E-state index contributed by atoms with van der Waals surface area (Å²) in [6, 6.07) is 12.0. The first-order valence-corrected chi connectivity index (χ1v) is 7.65. The Morgan fingerprint density at radius 1 is 1.00 bits per heavy atom. The summed E-state index contributed by atoms with van der Waals surface area (Å²) in [5.74, 6) is -0.560. The van der Waals surface area contributed by atoms with E-state index < -0.39 is 15.7 Å². The maximum Gasteiger partial charge on any atom is 0.182 e. The van der Waals surface area contributed by atoms with Gasteiger partial charge < -0.3 is 0 Å². The first-order chi connectivity index (χ1) is 8.49. The molecule has 0 saturated heterocycles. The Kier molecular flexibility index (Phi) is 3.82. The van der Waals surface area contributed by atoms with Crippen LogP contribution in [0, 0.1) is 5.82 Å². The summed E-state index contributed by atoms with van der Waals surface area (Å²) in [6.45, 7) is 0. The fraction of sp³-hybridized carbons (Fsp3) is 0.0769. The molecule has 0 bridgehead atoms. The molecular weight excluding hydrogens is 319 g/mol. The molecule has 0 saturated carbocycles. The summed E-state index contributed by atoms with van der Waals surface area (Å²) in [7, 11) is -3.45. The Labute approximate surface area is 114 Å². The highest BCUT2D eigenvalue weighted by Crippen LogP contribution is 2.22. The summed E-state index contributed by atoms with van der Waals surface area (Å²) >= 11 is 3.31. The van der Waals surface area contributed by atoms with Crippen molar-refractivity contribution in [2.75, 3.05) is 0 Å². The van der Waals surface area contributed by atoms with E-state index in [0.29, 0.717) is 5.56 Å². The second-order valence-corrected chi connectivity index (χ2v) is 6.65. The Bertz CT molecular complexity index is 651.